The van der Waals surface area contributed by atoms with Gasteiger partial charge in [0.2, 0.25) is 0 Å². The number of rotatable bonds is 2. The van der Waals surface area contributed by atoms with Crippen LogP contribution in [-0.2, 0) is 0 Å². The number of pyridine rings is 1. The normalized spacial score (nSPS) is 15.4. The molecule has 1 rings (SSSR count). The van der Waals surface area contributed by atoms with Crippen LogP contribution >= 0.6 is 0 Å². The molecule has 0 saturated heterocycles. The van der Waals surface area contributed by atoms with Gasteiger partial charge in [0.25, 0.3) is 0 Å². The molecule has 2 atom stereocenters. The first-order valence-corrected chi connectivity index (χ1v) is 4.11. The Morgan fingerprint density at radius 1 is 1.15 bits per heavy atom. The van der Waals surface area contributed by atoms with E-state index in [2.05, 4.69) is 4.98 Å². The molecule has 1 heterocycles. The van der Waals surface area contributed by atoms with Gasteiger partial charge in [-0.05, 0) is 13.8 Å². The van der Waals surface area contributed by atoms with Crippen molar-refractivity contribution < 1.29 is 10.2 Å². The van der Waals surface area contributed by atoms with Crippen LogP contribution in [0.25, 0.3) is 0 Å². The maximum Gasteiger partial charge on any atom is 0.182 e. The van der Waals surface area contributed by atoms with E-state index in [1.54, 1.807) is 13.8 Å². The molecule has 4 nitrogen and oxygen atoms in total. The Labute approximate surface area is 75.9 Å². The summed E-state index contributed by atoms with van der Waals surface area (Å²) in [4.78, 5) is 13.9. The molecule has 0 fully saturated rings. The number of aliphatic hydroxyl groups excluding tert-OH is 2. The van der Waals surface area contributed by atoms with Crippen LogP contribution in [0, 0.1) is 0 Å². The van der Waals surface area contributed by atoms with E-state index in [0.29, 0.717) is 11.4 Å². The molecule has 0 bridgehead atoms. The average Bonchev–Trinajstić information content (AvgIpc) is 2.03. The minimum Gasteiger partial charge on any atom is -0.387 e. The molecule has 0 amide bonds. The van der Waals surface area contributed by atoms with Crippen molar-refractivity contribution in [1.29, 1.82) is 0 Å². The molecule has 72 valence electrons. The molecule has 0 saturated carbocycles. The van der Waals surface area contributed by atoms with E-state index >= 15 is 0 Å². The Kier molecular flexibility index (Phi) is 2.85. The molecule has 3 N–H and O–H groups in total. The second-order valence-electron chi connectivity index (χ2n) is 3.08. The molecule has 1 aromatic rings. The summed E-state index contributed by atoms with van der Waals surface area (Å²) < 4.78 is 0. The summed E-state index contributed by atoms with van der Waals surface area (Å²) in [5.74, 6) is 0. The smallest absolute Gasteiger partial charge is 0.182 e. The highest BCUT2D eigenvalue weighted by atomic mass is 16.3. The third-order valence-corrected chi connectivity index (χ3v) is 1.78. The monoisotopic (exact) mass is 183 g/mol. The fourth-order valence-corrected chi connectivity index (χ4v) is 1.04. The van der Waals surface area contributed by atoms with Crippen molar-refractivity contribution in [1.82, 2.24) is 4.98 Å². The Balaban J connectivity index is 3.19. The van der Waals surface area contributed by atoms with Gasteiger partial charge in [0.1, 0.15) is 0 Å². The van der Waals surface area contributed by atoms with Gasteiger partial charge >= 0.3 is 0 Å². The second kappa shape index (κ2) is 3.72. The molecule has 1 aromatic heterocycles. The van der Waals surface area contributed by atoms with E-state index in [0.717, 1.165) is 0 Å². The number of H-pyrrole nitrogens is 1. The van der Waals surface area contributed by atoms with Crippen LogP contribution in [-0.4, -0.2) is 15.2 Å². The highest BCUT2D eigenvalue weighted by Crippen LogP contribution is 2.11. The molecule has 0 aliphatic rings. The van der Waals surface area contributed by atoms with E-state index in [4.69, 9.17) is 0 Å². The molecule has 0 radical (unpaired) electrons. The Morgan fingerprint density at radius 2 is 1.54 bits per heavy atom. The third-order valence-electron chi connectivity index (χ3n) is 1.78. The minimum absolute atomic E-state index is 0.217. The van der Waals surface area contributed by atoms with E-state index in [-0.39, 0.29) is 5.43 Å². The zero-order valence-electron chi connectivity index (χ0n) is 7.61. The fourth-order valence-electron chi connectivity index (χ4n) is 1.04. The van der Waals surface area contributed by atoms with Crippen LogP contribution in [0.1, 0.15) is 37.4 Å². The summed E-state index contributed by atoms with van der Waals surface area (Å²) >= 11 is 0. The number of aromatic nitrogens is 1. The lowest BCUT2D eigenvalue weighted by Gasteiger charge is -2.09. The van der Waals surface area contributed by atoms with Crippen LogP contribution < -0.4 is 5.43 Å². The van der Waals surface area contributed by atoms with E-state index in [1.165, 1.54) is 12.1 Å². The molecule has 2 unspecified atom stereocenters. The van der Waals surface area contributed by atoms with Crippen LogP contribution in [0.4, 0.5) is 0 Å². The molecule has 0 aliphatic carbocycles. The topological polar surface area (TPSA) is 73.3 Å². The predicted octanol–water partition coefficient (Wildman–Crippen LogP) is 0.481. The first-order chi connectivity index (χ1) is 6.00. The first kappa shape index (κ1) is 9.95. The molecule has 13 heavy (non-hydrogen) atoms. The molecular weight excluding hydrogens is 170 g/mol. The second-order valence-corrected chi connectivity index (χ2v) is 3.08. The SMILES string of the molecule is CC(O)c1cc(=O)cc(C(C)O)[nH]1. The first-order valence-electron chi connectivity index (χ1n) is 4.11. The van der Waals surface area contributed by atoms with Crippen molar-refractivity contribution in [2.75, 3.05) is 0 Å². The summed E-state index contributed by atoms with van der Waals surface area (Å²) in [5.41, 5.74) is 0.623. The summed E-state index contributed by atoms with van der Waals surface area (Å²) in [6.45, 7) is 3.11. The lowest BCUT2D eigenvalue weighted by Crippen LogP contribution is -2.10. The lowest BCUT2D eigenvalue weighted by atomic mass is 10.2. The van der Waals surface area contributed by atoms with Crippen molar-refractivity contribution >= 4 is 0 Å². The Bertz CT molecular complexity index is 312. The van der Waals surface area contributed by atoms with Gasteiger partial charge < -0.3 is 15.2 Å². The van der Waals surface area contributed by atoms with Crippen LogP contribution in [0.2, 0.25) is 0 Å². The lowest BCUT2D eigenvalue weighted by molar-refractivity contribution is 0.182. The quantitative estimate of drug-likeness (QED) is 0.624. The number of aromatic amines is 1. The number of hydrogen-bond donors (Lipinski definition) is 3. The largest absolute Gasteiger partial charge is 0.387 e. The summed E-state index contributed by atoms with van der Waals surface area (Å²) in [5, 5.41) is 18.4. The number of aliphatic hydroxyl groups is 2. The van der Waals surface area contributed by atoms with Crippen LogP contribution in [0.15, 0.2) is 16.9 Å². The van der Waals surface area contributed by atoms with Gasteiger partial charge in [0, 0.05) is 23.5 Å². The van der Waals surface area contributed by atoms with Crippen LogP contribution in [0.5, 0.6) is 0 Å². The van der Waals surface area contributed by atoms with Gasteiger partial charge in [0.15, 0.2) is 5.43 Å². The highest BCUT2D eigenvalue weighted by Gasteiger charge is 2.07. The minimum atomic E-state index is -0.730. The van der Waals surface area contributed by atoms with Gasteiger partial charge in [-0.15, -0.1) is 0 Å². The van der Waals surface area contributed by atoms with Gasteiger partial charge in [-0.1, -0.05) is 0 Å². The zero-order valence-corrected chi connectivity index (χ0v) is 7.61. The van der Waals surface area contributed by atoms with Crippen molar-refractivity contribution in [3.8, 4) is 0 Å². The van der Waals surface area contributed by atoms with Crippen molar-refractivity contribution in [2.24, 2.45) is 0 Å². The molecule has 0 spiro atoms. The van der Waals surface area contributed by atoms with Gasteiger partial charge in [-0.2, -0.15) is 0 Å². The predicted molar refractivity (Wildman–Crippen MR) is 48.3 cm³/mol. The highest BCUT2D eigenvalue weighted by molar-refractivity contribution is 5.14. The fraction of sp³-hybridized carbons (Fsp3) is 0.444. The molecule has 4 heteroatoms. The van der Waals surface area contributed by atoms with Crippen molar-refractivity contribution in [3.63, 3.8) is 0 Å². The standard InChI is InChI=1S/C9H13NO3/c1-5(11)8-3-7(13)4-9(10-8)6(2)12/h3-6,11-12H,1-2H3,(H,10,13). The zero-order chi connectivity index (χ0) is 10.0. The molecule has 0 aliphatic heterocycles. The molecule has 0 aromatic carbocycles. The van der Waals surface area contributed by atoms with Gasteiger partial charge in [-0.25, -0.2) is 0 Å². The summed E-state index contributed by atoms with van der Waals surface area (Å²) in [6.07, 6.45) is -1.46. The summed E-state index contributed by atoms with van der Waals surface area (Å²) in [7, 11) is 0. The average molecular weight is 183 g/mol. The van der Waals surface area contributed by atoms with Crippen molar-refractivity contribution in [3.05, 3.63) is 33.7 Å². The third kappa shape index (κ3) is 2.40. The van der Waals surface area contributed by atoms with Gasteiger partial charge in [-0.3, -0.25) is 4.79 Å². The maximum absolute atomic E-state index is 11.1. The maximum atomic E-state index is 11.1. The van der Waals surface area contributed by atoms with Crippen molar-refractivity contribution in [2.45, 2.75) is 26.1 Å². The Hall–Kier alpha value is -1.13. The van der Waals surface area contributed by atoms with E-state index in [9.17, 15) is 15.0 Å². The molecular formula is C9H13NO3. The van der Waals surface area contributed by atoms with Crippen LogP contribution in [0.3, 0.4) is 0 Å². The van der Waals surface area contributed by atoms with E-state index in [1.807, 2.05) is 0 Å². The number of hydrogen-bond acceptors (Lipinski definition) is 3. The van der Waals surface area contributed by atoms with Gasteiger partial charge in [0.05, 0.1) is 12.2 Å². The van der Waals surface area contributed by atoms with E-state index < -0.39 is 12.2 Å². The number of nitrogens with one attached hydrogen (secondary N) is 1. The summed E-state index contributed by atoms with van der Waals surface area (Å²) in [6, 6.07) is 2.63. The Morgan fingerprint density at radius 3 is 1.85 bits per heavy atom.